The summed E-state index contributed by atoms with van der Waals surface area (Å²) in [6.07, 6.45) is 0. The van der Waals surface area contributed by atoms with Gasteiger partial charge in [0.2, 0.25) is 11.7 Å². The zero-order chi connectivity index (χ0) is 25.9. The van der Waals surface area contributed by atoms with Gasteiger partial charge in [-0.05, 0) is 68.7 Å². The van der Waals surface area contributed by atoms with Crippen LogP contribution >= 0.6 is 11.3 Å². The van der Waals surface area contributed by atoms with Gasteiger partial charge in [0.15, 0.2) is 5.76 Å². The number of imidazole rings is 1. The molecule has 5 rings (SSSR count). The number of rotatable bonds is 5. The summed E-state index contributed by atoms with van der Waals surface area (Å²) in [6.45, 7) is 7.59. The number of ketones is 1. The maximum absolute atomic E-state index is 13.8. The van der Waals surface area contributed by atoms with E-state index in [0.717, 1.165) is 27.3 Å². The number of aryl methyl sites for hydroxylation is 4. The van der Waals surface area contributed by atoms with Crippen LogP contribution in [0.5, 0.6) is 0 Å². The van der Waals surface area contributed by atoms with Crippen molar-refractivity contribution in [1.82, 2.24) is 15.0 Å². The zero-order valence-electron chi connectivity index (χ0n) is 21.0. The Morgan fingerprint density at radius 3 is 2.33 bits per heavy atom. The number of aliphatic hydroxyl groups is 1. The van der Waals surface area contributed by atoms with Crippen LogP contribution in [-0.4, -0.2) is 45.8 Å². The Bertz CT molecular complexity index is 1520. The lowest BCUT2D eigenvalue weighted by atomic mass is 9.95. The third kappa shape index (κ3) is 3.76. The largest absolute Gasteiger partial charge is 0.503 e. The van der Waals surface area contributed by atoms with Crippen molar-refractivity contribution < 1.29 is 14.7 Å². The number of benzene rings is 2. The highest BCUT2D eigenvalue weighted by Gasteiger charge is 2.46. The highest BCUT2D eigenvalue weighted by Crippen LogP contribution is 2.42. The first-order chi connectivity index (χ1) is 17.1. The van der Waals surface area contributed by atoms with Crippen LogP contribution in [0.4, 0.5) is 11.6 Å². The van der Waals surface area contributed by atoms with E-state index in [1.165, 1.54) is 16.2 Å². The van der Waals surface area contributed by atoms with Crippen molar-refractivity contribution in [2.24, 2.45) is 0 Å². The third-order valence-electron chi connectivity index (χ3n) is 6.60. The maximum Gasteiger partial charge on any atom is 0.296 e. The van der Waals surface area contributed by atoms with Crippen LogP contribution in [0, 0.1) is 27.7 Å². The van der Waals surface area contributed by atoms with Gasteiger partial charge in [-0.15, -0.1) is 11.3 Å². The first-order valence-corrected chi connectivity index (χ1v) is 12.4. The molecule has 0 radical (unpaired) electrons. The fourth-order valence-electron chi connectivity index (χ4n) is 4.56. The van der Waals surface area contributed by atoms with Gasteiger partial charge in [0.1, 0.15) is 0 Å². The van der Waals surface area contributed by atoms with Gasteiger partial charge >= 0.3 is 0 Å². The number of thiazole rings is 1. The second kappa shape index (κ2) is 8.60. The molecule has 2 aromatic heterocycles. The Balaban J connectivity index is 1.68. The van der Waals surface area contributed by atoms with Crippen LogP contribution in [0.15, 0.2) is 47.7 Å². The number of anilines is 2. The Morgan fingerprint density at radius 2 is 1.72 bits per heavy atom. The lowest BCUT2D eigenvalue weighted by molar-refractivity contribution is -0.117. The summed E-state index contributed by atoms with van der Waals surface area (Å²) in [6, 6.07) is 10.7. The average molecular weight is 502 g/mol. The normalized spacial score (nSPS) is 15.9. The highest BCUT2D eigenvalue weighted by atomic mass is 32.1. The van der Waals surface area contributed by atoms with E-state index in [1.54, 1.807) is 6.92 Å². The Hall–Kier alpha value is -3.98. The van der Waals surface area contributed by atoms with E-state index in [9.17, 15) is 14.7 Å². The number of carbonyl (C=O) groups is 2. The van der Waals surface area contributed by atoms with E-state index in [0.29, 0.717) is 21.7 Å². The molecule has 3 heterocycles. The molecular weight excluding hydrogens is 474 g/mol. The second-order valence-corrected chi connectivity index (χ2v) is 10.5. The summed E-state index contributed by atoms with van der Waals surface area (Å²) < 4.78 is 0. The summed E-state index contributed by atoms with van der Waals surface area (Å²) in [5.41, 5.74) is 5.91. The minimum atomic E-state index is -0.856. The van der Waals surface area contributed by atoms with Gasteiger partial charge in [0, 0.05) is 19.8 Å². The summed E-state index contributed by atoms with van der Waals surface area (Å²) in [5, 5.41) is 11.8. The van der Waals surface area contributed by atoms with Crippen LogP contribution in [0.25, 0.3) is 11.0 Å². The van der Waals surface area contributed by atoms with E-state index in [2.05, 4.69) is 15.0 Å². The molecule has 0 aliphatic carbocycles. The van der Waals surface area contributed by atoms with Crippen LogP contribution < -0.4 is 9.80 Å². The van der Waals surface area contributed by atoms with Gasteiger partial charge in [-0.1, -0.05) is 12.1 Å². The molecule has 0 spiro atoms. The molecule has 0 saturated carbocycles. The van der Waals surface area contributed by atoms with Crippen molar-refractivity contribution in [3.8, 4) is 0 Å². The minimum Gasteiger partial charge on any atom is -0.503 e. The van der Waals surface area contributed by atoms with Gasteiger partial charge < -0.3 is 15.0 Å². The minimum absolute atomic E-state index is 0.0252. The van der Waals surface area contributed by atoms with E-state index in [4.69, 9.17) is 0 Å². The Kier molecular flexibility index (Phi) is 5.67. The SMILES string of the molecule is Cc1nc(C)c(C(=O)C2=C(O)C(=O)N(c3nc4cc(C)c(C)cc4[nH]3)C2c2ccc(N(C)C)cc2)s1. The van der Waals surface area contributed by atoms with E-state index < -0.39 is 23.5 Å². The summed E-state index contributed by atoms with van der Waals surface area (Å²) in [4.78, 5) is 43.3. The third-order valence-corrected chi connectivity index (χ3v) is 7.67. The first kappa shape index (κ1) is 23.7. The standard InChI is InChI=1S/C27H27N5O3S/c1-13-11-19-20(12-14(13)2)30-27(29-19)32-22(17-7-9-18(10-8-17)31(5)6)21(24(34)26(32)35)23(33)25-15(3)28-16(4)36-25/h7-12,22,34H,1-6H3,(H,29,30). The summed E-state index contributed by atoms with van der Waals surface area (Å²) >= 11 is 1.25. The van der Waals surface area contributed by atoms with Gasteiger partial charge in [-0.3, -0.25) is 14.5 Å². The molecule has 1 unspecified atom stereocenters. The number of aromatic nitrogens is 3. The lowest BCUT2D eigenvalue weighted by Crippen LogP contribution is -2.32. The van der Waals surface area contributed by atoms with Crippen LogP contribution in [-0.2, 0) is 4.79 Å². The molecule has 1 atom stereocenters. The van der Waals surface area contributed by atoms with Crippen molar-refractivity contribution >= 4 is 45.7 Å². The Labute approximate surface area is 212 Å². The predicted octanol–water partition coefficient (Wildman–Crippen LogP) is 5.10. The highest BCUT2D eigenvalue weighted by molar-refractivity contribution is 7.14. The number of hydrogen-bond acceptors (Lipinski definition) is 7. The maximum atomic E-state index is 13.8. The fourth-order valence-corrected chi connectivity index (χ4v) is 5.43. The lowest BCUT2D eigenvalue weighted by Gasteiger charge is -2.25. The molecule has 1 aliphatic rings. The average Bonchev–Trinajstić information content (AvgIpc) is 3.47. The topological polar surface area (TPSA) is 102 Å². The number of aromatic amines is 1. The zero-order valence-corrected chi connectivity index (χ0v) is 21.8. The van der Waals surface area contributed by atoms with Crippen molar-refractivity contribution in [3.63, 3.8) is 0 Å². The number of Topliss-reactive ketones (excluding diaryl/α,β-unsaturated/α-hetero) is 1. The number of nitrogens with one attached hydrogen (secondary N) is 1. The van der Waals surface area contributed by atoms with Gasteiger partial charge in [-0.25, -0.2) is 9.97 Å². The molecule has 8 nitrogen and oxygen atoms in total. The number of nitrogens with zero attached hydrogens (tertiary/aromatic N) is 4. The molecule has 1 amide bonds. The number of H-pyrrole nitrogens is 1. The first-order valence-electron chi connectivity index (χ1n) is 11.6. The molecule has 2 aromatic carbocycles. The van der Waals surface area contributed by atoms with Crippen LogP contribution in [0.1, 0.15) is 43.1 Å². The quantitative estimate of drug-likeness (QED) is 0.369. The smallest absolute Gasteiger partial charge is 0.296 e. The van der Waals surface area contributed by atoms with Gasteiger partial charge in [0.25, 0.3) is 5.91 Å². The molecule has 184 valence electrons. The number of hydrogen-bond donors (Lipinski definition) is 2. The summed E-state index contributed by atoms with van der Waals surface area (Å²) in [5.74, 6) is -1.38. The van der Waals surface area contributed by atoms with E-state index >= 15 is 0 Å². The number of aliphatic hydroxyl groups excluding tert-OH is 1. The molecule has 4 aromatic rings. The number of fused-ring (bicyclic) bond motifs is 1. The molecular formula is C27H27N5O3S. The molecule has 0 fully saturated rings. The fraction of sp³-hybridized carbons (Fsp3) is 0.259. The van der Waals surface area contributed by atoms with Crippen molar-refractivity contribution in [1.29, 1.82) is 0 Å². The van der Waals surface area contributed by atoms with Crippen LogP contribution in [0.2, 0.25) is 0 Å². The molecule has 9 heteroatoms. The van der Waals surface area contributed by atoms with Gasteiger partial charge in [0.05, 0.1) is 38.2 Å². The van der Waals surface area contributed by atoms with Crippen molar-refractivity contribution in [2.45, 2.75) is 33.7 Å². The van der Waals surface area contributed by atoms with Crippen molar-refractivity contribution in [3.05, 3.63) is 80.0 Å². The molecule has 1 aliphatic heterocycles. The Morgan fingerprint density at radius 1 is 1.06 bits per heavy atom. The number of carbonyl (C=O) groups excluding carboxylic acids is 2. The molecule has 0 bridgehead atoms. The molecule has 2 N–H and O–H groups in total. The van der Waals surface area contributed by atoms with E-state index in [-0.39, 0.29) is 11.5 Å². The number of amides is 1. The second-order valence-electron chi connectivity index (χ2n) is 9.32. The van der Waals surface area contributed by atoms with Crippen LogP contribution in [0.3, 0.4) is 0 Å². The molecule has 0 saturated heterocycles. The summed E-state index contributed by atoms with van der Waals surface area (Å²) in [7, 11) is 3.88. The molecule has 36 heavy (non-hydrogen) atoms. The van der Waals surface area contributed by atoms with Crippen molar-refractivity contribution in [2.75, 3.05) is 23.9 Å². The van der Waals surface area contributed by atoms with E-state index in [1.807, 2.05) is 76.2 Å². The monoisotopic (exact) mass is 501 g/mol. The predicted molar refractivity (Wildman–Crippen MR) is 142 cm³/mol. The van der Waals surface area contributed by atoms with Gasteiger partial charge in [-0.2, -0.15) is 0 Å².